The van der Waals surface area contributed by atoms with E-state index >= 15 is 0 Å². The van der Waals surface area contributed by atoms with Gasteiger partial charge in [-0.25, -0.2) is 0 Å². The van der Waals surface area contributed by atoms with Gasteiger partial charge in [0.1, 0.15) is 6.04 Å². The molecule has 0 spiro atoms. The first kappa shape index (κ1) is 19.7. The van der Waals surface area contributed by atoms with Gasteiger partial charge in [0.05, 0.1) is 11.1 Å². The van der Waals surface area contributed by atoms with Crippen molar-refractivity contribution in [3.63, 3.8) is 0 Å². The van der Waals surface area contributed by atoms with Crippen molar-refractivity contribution >= 4 is 23.6 Å². The quantitative estimate of drug-likeness (QED) is 0.723. The van der Waals surface area contributed by atoms with E-state index < -0.39 is 23.8 Å². The number of amides is 4. The molecule has 1 aromatic rings. The molecule has 0 bridgehead atoms. The van der Waals surface area contributed by atoms with Crippen molar-refractivity contribution in [2.75, 3.05) is 13.1 Å². The number of imide groups is 2. The predicted octanol–water partition coefficient (Wildman–Crippen LogP) is 0.647. The lowest BCUT2D eigenvalue weighted by Crippen LogP contribution is -2.54. The fraction of sp³-hybridized carbons (Fsp3) is 0.524. The molecule has 4 amide bonds. The Labute approximate surface area is 169 Å². The number of rotatable bonds is 3. The summed E-state index contributed by atoms with van der Waals surface area (Å²) in [5.41, 5.74) is 7.67. The molecule has 0 saturated carbocycles. The maximum atomic E-state index is 13.2. The molecular formula is C21H26N4O4. The molecule has 1 aromatic carbocycles. The Morgan fingerprint density at radius 3 is 2.59 bits per heavy atom. The smallest absolute Gasteiger partial charge is 0.262 e. The van der Waals surface area contributed by atoms with E-state index in [9.17, 15) is 19.2 Å². The van der Waals surface area contributed by atoms with Crippen molar-refractivity contribution in [2.45, 2.75) is 51.7 Å². The summed E-state index contributed by atoms with van der Waals surface area (Å²) in [4.78, 5) is 53.1. The summed E-state index contributed by atoms with van der Waals surface area (Å²) in [6.45, 7) is 6.45. The maximum Gasteiger partial charge on any atom is 0.262 e. The summed E-state index contributed by atoms with van der Waals surface area (Å²) in [6, 6.07) is 4.45. The van der Waals surface area contributed by atoms with Crippen LogP contribution < -0.4 is 11.1 Å². The third-order valence-electron chi connectivity index (χ3n) is 6.34. The van der Waals surface area contributed by atoms with Gasteiger partial charge in [0.25, 0.3) is 11.8 Å². The number of hydrogen-bond acceptors (Lipinski definition) is 6. The molecule has 2 saturated heterocycles. The number of benzene rings is 1. The second-order valence-corrected chi connectivity index (χ2v) is 8.88. The third kappa shape index (κ3) is 3.36. The van der Waals surface area contributed by atoms with E-state index in [-0.39, 0.29) is 30.2 Å². The lowest BCUT2D eigenvalue weighted by atomic mass is 9.79. The molecule has 3 N–H and O–H groups in total. The lowest BCUT2D eigenvalue weighted by Gasteiger charge is -2.42. The molecule has 8 heteroatoms. The number of likely N-dealkylation sites (tertiary alicyclic amines) is 1. The van der Waals surface area contributed by atoms with Gasteiger partial charge in [0.2, 0.25) is 11.8 Å². The summed E-state index contributed by atoms with van der Waals surface area (Å²) in [5.74, 6) is -1.90. The average Bonchev–Trinajstić information content (AvgIpc) is 2.90. The molecule has 2 fully saturated rings. The summed E-state index contributed by atoms with van der Waals surface area (Å²) in [5, 5.41) is 2.22. The molecule has 3 aliphatic rings. The minimum absolute atomic E-state index is 0.0329. The van der Waals surface area contributed by atoms with E-state index in [0.29, 0.717) is 17.7 Å². The standard InChI is InChI=1S/C21H26N4O4/c1-21(2)11-24(9-8-15(21)22)10-12-4-3-5-13-17(12)20(29)25(19(13)28)14-6-7-16(26)23-18(14)27/h3-5,14-15H,6-11,22H2,1-2H3,(H,23,26,27). The normalized spacial score (nSPS) is 27.2. The number of carbonyl (C=O) groups excluding carboxylic acids is 4. The summed E-state index contributed by atoms with van der Waals surface area (Å²) >= 11 is 0. The van der Waals surface area contributed by atoms with Crippen LogP contribution in [0.1, 0.15) is 59.4 Å². The van der Waals surface area contributed by atoms with Gasteiger partial charge in [0, 0.05) is 32.1 Å². The first-order valence-corrected chi connectivity index (χ1v) is 10.0. The Morgan fingerprint density at radius 1 is 1.14 bits per heavy atom. The topological polar surface area (TPSA) is 113 Å². The summed E-state index contributed by atoms with van der Waals surface area (Å²) < 4.78 is 0. The number of hydrogen-bond donors (Lipinski definition) is 2. The van der Waals surface area contributed by atoms with Crippen LogP contribution in [-0.4, -0.2) is 58.6 Å². The molecule has 0 aliphatic carbocycles. The molecular weight excluding hydrogens is 372 g/mol. The number of fused-ring (bicyclic) bond motifs is 1. The van der Waals surface area contributed by atoms with Crippen LogP contribution in [0.5, 0.6) is 0 Å². The van der Waals surface area contributed by atoms with Gasteiger partial charge in [-0.2, -0.15) is 0 Å². The molecule has 0 aromatic heterocycles. The molecule has 3 heterocycles. The van der Waals surface area contributed by atoms with E-state index in [4.69, 9.17) is 5.73 Å². The Hall–Kier alpha value is -2.58. The van der Waals surface area contributed by atoms with Crippen LogP contribution in [0.25, 0.3) is 0 Å². The molecule has 8 nitrogen and oxygen atoms in total. The van der Waals surface area contributed by atoms with Crippen LogP contribution in [0.2, 0.25) is 0 Å². The SMILES string of the molecule is CC1(C)CN(Cc2cccc3c2C(=O)N(C2CCC(=O)NC2=O)C3=O)CCC1N. The highest BCUT2D eigenvalue weighted by molar-refractivity contribution is 6.24. The van der Waals surface area contributed by atoms with E-state index in [1.165, 1.54) is 0 Å². The van der Waals surface area contributed by atoms with Gasteiger partial charge in [-0.15, -0.1) is 0 Å². The number of nitrogens with two attached hydrogens (primary N) is 1. The molecule has 154 valence electrons. The molecule has 2 atom stereocenters. The molecule has 4 rings (SSSR count). The van der Waals surface area contributed by atoms with Crippen LogP contribution in [0, 0.1) is 5.41 Å². The van der Waals surface area contributed by atoms with Crippen molar-refractivity contribution in [3.8, 4) is 0 Å². The van der Waals surface area contributed by atoms with Crippen molar-refractivity contribution in [1.29, 1.82) is 0 Å². The monoisotopic (exact) mass is 398 g/mol. The summed E-state index contributed by atoms with van der Waals surface area (Å²) in [6.07, 6.45) is 1.14. The van der Waals surface area contributed by atoms with Gasteiger partial charge in [-0.3, -0.25) is 34.3 Å². The van der Waals surface area contributed by atoms with Gasteiger partial charge in [-0.05, 0) is 29.9 Å². The van der Waals surface area contributed by atoms with Crippen molar-refractivity contribution in [1.82, 2.24) is 15.1 Å². The van der Waals surface area contributed by atoms with Gasteiger partial charge in [-0.1, -0.05) is 26.0 Å². The Bertz CT molecular complexity index is 910. The van der Waals surface area contributed by atoms with Crippen LogP contribution >= 0.6 is 0 Å². The van der Waals surface area contributed by atoms with E-state index in [2.05, 4.69) is 24.1 Å². The largest absolute Gasteiger partial charge is 0.327 e. The highest BCUT2D eigenvalue weighted by Gasteiger charge is 2.45. The van der Waals surface area contributed by atoms with E-state index in [1.54, 1.807) is 12.1 Å². The second kappa shape index (κ2) is 7.03. The fourth-order valence-corrected chi connectivity index (χ4v) is 4.58. The van der Waals surface area contributed by atoms with Gasteiger partial charge in [0.15, 0.2) is 0 Å². The van der Waals surface area contributed by atoms with Crippen molar-refractivity contribution in [2.24, 2.45) is 11.1 Å². The maximum absolute atomic E-state index is 13.2. The fourth-order valence-electron chi connectivity index (χ4n) is 4.58. The number of piperidine rings is 2. The molecule has 0 radical (unpaired) electrons. The zero-order chi connectivity index (χ0) is 20.9. The second-order valence-electron chi connectivity index (χ2n) is 8.88. The number of nitrogens with one attached hydrogen (secondary N) is 1. The molecule has 3 aliphatic heterocycles. The van der Waals surface area contributed by atoms with E-state index in [1.807, 2.05) is 6.07 Å². The van der Waals surface area contributed by atoms with Crippen LogP contribution in [0.4, 0.5) is 0 Å². The van der Waals surface area contributed by atoms with Crippen molar-refractivity contribution < 1.29 is 19.2 Å². The van der Waals surface area contributed by atoms with Crippen LogP contribution in [0.3, 0.4) is 0 Å². The average molecular weight is 398 g/mol. The minimum Gasteiger partial charge on any atom is -0.327 e. The Morgan fingerprint density at radius 2 is 1.90 bits per heavy atom. The number of carbonyl (C=O) groups is 4. The van der Waals surface area contributed by atoms with Crippen LogP contribution in [0.15, 0.2) is 18.2 Å². The molecule has 2 unspecified atom stereocenters. The highest BCUT2D eigenvalue weighted by Crippen LogP contribution is 2.33. The summed E-state index contributed by atoms with van der Waals surface area (Å²) in [7, 11) is 0. The Balaban J connectivity index is 1.60. The van der Waals surface area contributed by atoms with Gasteiger partial charge < -0.3 is 5.73 Å². The Kier molecular flexibility index (Phi) is 4.78. The van der Waals surface area contributed by atoms with Crippen molar-refractivity contribution in [3.05, 3.63) is 34.9 Å². The first-order valence-electron chi connectivity index (χ1n) is 10.0. The first-order chi connectivity index (χ1) is 13.7. The zero-order valence-corrected chi connectivity index (χ0v) is 16.7. The van der Waals surface area contributed by atoms with E-state index in [0.717, 1.165) is 30.0 Å². The minimum atomic E-state index is -0.945. The molecule has 29 heavy (non-hydrogen) atoms. The zero-order valence-electron chi connectivity index (χ0n) is 16.7. The highest BCUT2D eigenvalue weighted by atomic mass is 16.2. The number of nitrogens with zero attached hydrogens (tertiary/aromatic N) is 2. The van der Waals surface area contributed by atoms with Gasteiger partial charge >= 0.3 is 0 Å². The lowest BCUT2D eigenvalue weighted by molar-refractivity contribution is -0.136. The predicted molar refractivity (Wildman–Crippen MR) is 105 cm³/mol. The van der Waals surface area contributed by atoms with Crippen LogP contribution in [-0.2, 0) is 16.1 Å². The third-order valence-corrected chi connectivity index (χ3v) is 6.34.